The number of hydrogen-bond acceptors (Lipinski definition) is 7. The molecule has 1 aliphatic heterocycles. The van der Waals surface area contributed by atoms with E-state index in [4.69, 9.17) is 9.47 Å². The van der Waals surface area contributed by atoms with E-state index in [0.717, 1.165) is 18.4 Å². The first-order chi connectivity index (χ1) is 15.7. The van der Waals surface area contributed by atoms with Gasteiger partial charge in [-0.05, 0) is 36.8 Å². The van der Waals surface area contributed by atoms with Crippen LogP contribution >= 0.6 is 11.8 Å². The largest absolute Gasteiger partial charge is 0.486 e. The Labute approximate surface area is 188 Å². The molecule has 0 atom stereocenters. The fraction of sp³-hybridized carbons (Fsp3) is 0.304. The Morgan fingerprint density at radius 2 is 1.91 bits per heavy atom. The fourth-order valence-corrected chi connectivity index (χ4v) is 4.61. The number of aromatic nitrogens is 4. The number of carbonyl (C=O) groups excluding carboxylic acids is 1. The van der Waals surface area contributed by atoms with E-state index in [2.05, 4.69) is 17.1 Å². The number of Topliss-reactive ketones (excluding diaryl/α,β-unsaturated/α-hetero) is 1. The number of ketones is 1. The van der Waals surface area contributed by atoms with E-state index in [9.17, 15) is 9.59 Å². The van der Waals surface area contributed by atoms with Crippen LogP contribution in [0.3, 0.4) is 0 Å². The number of para-hydroxylation sites is 1. The van der Waals surface area contributed by atoms with Crippen LogP contribution in [0.25, 0.3) is 16.7 Å². The van der Waals surface area contributed by atoms with Gasteiger partial charge in [0.15, 0.2) is 22.4 Å². The second kappa shape index (κ2) is 8.66. The number of nitrogens with zero attached hydrogens (tertiary/aromatic N) is 4. The predicted octanol–water partition coefficient (Wildman–Crippen LogP) is 3.59. The van der Waals surface area contributed by atoms with Crippen molar-refractivity contribution in [3.63, 3.8) is 0 Å². The third kappa shape index (κ3) is 3.62. The lowest BCUT2D eigenvalue weighted by molar-refractivity contribution is 0.102. The lowest BCUT2D eigenvalue weighted by Crippen LogP contribution is -2.23. The third-order valence-corrected chi connectivity index (χ3v) is 6.34. The Bertz CT molecular complexity index is 1380. The van der Waals surface area contributed by atoms with Gasteiger partial charge in [0.25, 0.3) is 5.56 Å². The van der Waals surface area contributed by atoms with E-state index in [1.807, 2.05) is 28.7 Å². The minimum Gasteiger partial charge on any atom is -0.486 e. The van der Waals surface area contributed by atoms with Crippen molar-refractivity contribution in [3.8, 4) is 11.5 Å². The van der Waals surface area contributed by atoms with Crippen LogP contribution in [0.5, 0.6) is 11.5 Å². The van der Waals surface area contributed by atoms with Gasteiger partial charge in [0.2, 0.25) is 5.78 Å². The molecule has 0 saturated heterocycles. The summed E-state index contributed by atoms with van der Waals surface area (Å²) < 4.78 is 14.6. The van der Waals surface area contributed by atoms with Crippen LogP contribution in [0.2, 0.25) is 0 Å². The number of aryl methyl sites for hydroxylation is 1. The minimum absolute atomic E-state index is 0.0488. The van der Waals surface area contributed by atoms with E-state index >= 15 is 0 Å². The van der Waals surface area contributed by atoms with Crippen LogP contribution in [-0.4, -0.2) is 43.9 Å². The molecule has 0 fully saturated rings. The van der Waals surface area contributed by atoms with Gasteiger partial charge in [-0.1, -0.05) is 37.2 Å². The van der Waals surface area contributed by atoms with E-state index in [0.29, 0.717) is 53.1 Å². The Hall–Kier alpha value is -3.33. The summed E-state index contributed by atoms with van der Waals surface area (Å²) in [4.78, 5) is 25.9. The summed E-state index contributed by atoms with van der Waals surface area (Å²) in [7, 11) is 0. The smallest absolute Gasteiger partial charge is 0.262 e. The average molecular weight is 451 g/mol. The number of rotatable bonds is 7. The second-order valence-electron chi connectivity index (χ2n) is 7.52. The number of carbonyl (C=O) groups is 1. The van der Waals surface area contributed by atoms with Gasteiger partial charge >= 0.3 is 0 Å². The highest BCUT2D eigenvalue weighted by Crippen LogP contribution is 2.31. The molecule has 0 bridgehead atoms. The highest BCUT2D eigenvalue weighted by Gasteiger charge is 2.19. The van der Waals surface area contributed by atoms with Crippen LogP contribution in [0.1, 0.15) is 30.1 Å². The number of fused-ring (bicyclic) bond motifs is 4. The molecule has 0 radical (unpaired) electrons. The monoisotopic (exact) mass is 450 g/mol. The van der Waals surface area contributed by atoms with Gasteiger partial charge < -0.3 is 9.47 Å². The van der Waals surface area contributed by atoms with Crippen molar-refractivity contribution in [2.75, 3.05) is 19.0 Å². The van der Waals surface area contributed by atoms with Gasteiger partial charge in [-0.2, -0.15) is 0 Å². The molecule has 164 valence electrons. The molecule has 8 nitrogen and oxygen atoms in total. The number of ether oxygens (including phenoxy) is 2. The molecule has 2 aromatic carbocycles. The molecule has 1 aliphatic rings. The van der Waals surface area contributed by atoms with Crippen molar-refractivity contribution in [3.05, 3.63) is 58.4 Å². The predicted molar refractivity (Wildman–Crippen MR) is 122 cm³/mol. The summed E-state index contributed by atoms with van der Waals surface area (Å²) in [6.07, 6.45) is 1.83. The molecule has 0 N–H and O–H groups in total. The van der Waals surface area contributed by atoms with E-state index < -0.39 is 0 Å². The van der Waals surface area contributed by atoms with Crippen molar-refractivity contribution in [2.24, 2.45) is 0 Å². The Balaban J connectivity index is 1.48. The second-order valence-corrected chi connectivity index (χ2v) is 8.46. The number of thioether (sulfide) groups is 1. The number of unbranched alkanes of at least 4 members (excludes halogenated alkanes) is 1. The number of hydrogen-bond donors (Lipinski definition) is 0. The molecular weight excluding hydrogens is 428 g/mol. The van der Waals surface area contributed by atoms with Gasteiger partial charge in [-0.25, -0.2) is 0 Å². The van der Waals surface area contributed by atoms with Crippen molar-refractivity contribution in [1.82, 2.24) is 19.2 Å². The quantitative estimate of drug-likeness (QED) is 0.314. The first-order valence-corrected chi connectivity index (χ1v) is 11.6. The summed E-state index contributed by atoms with van der Waals surface area (Å²) in [5.41, 5.74) is 1.22. The standard InChI is InChI=1S/C23H22N4O4S/c1-2-3-10-26-21(29)16-6-4-5-7-17(16)27-22(26)24-25-23(27)32-14-18(28)15-8-9-19-20(13-15)31-12-11-30-19/h4-9,13H,2-3,10-12,14H2,1H3. The first-order valence-electron chi connectivity index (χ1n) is 10.6. The van der Waals surface area contributed by atoms with Gasteiger partial charge in [0, 0.05) is 12.1 Å². The maximum absolute atomic E-state index is 13.0. The van der Waals surface area contributed by atoms with Crippen LogP contribution in [0.4, 0.5) is 0 Å². The van der Waals surface area contributed by atoms with Crippen LogP contribution < -0.4 is 15.0 Å². The zero-order valence-corrected chi connectivity index (χ0v) is 18.4. The summed E-state index contributed by atoms with van der Waals surface area (Å²) in [5.74, 6) is 1.87. The molecule has 0 amide bonds. The van der Waals surface area contributed by atoms with Crippen molar-refractivity contribution < 1.29 is 14.3 Å². The molecule has 4 aromatic rings. The summed E-state index contributed by atoms with van der Waals surface area (Å²) in [6.45, 7) is 3.63. The minimum atomic E-state index is -0.0714. The van der Waals surface area contributed by atoms with E-state index in [-0.39, 0.29) is 17.1 Å². The first kappa shape index (κ1) is 20.6. The Morgan fingerprint density at radius 3 is 2.75 bits per heavy atom. The van der Waals surface area contributed by atoms with E-state index in [1.165, 1.54) is 11.8 Å². The van der Waals surface area contributed by atoms with Crippen molar-refractivity contribution in [1.29, 1.82) is 0 Å². The SMILES string of the molecule is CCCCn1c(=O)c2ccccc2n2c(SCC(=O)c3ccc4c(c3)OCCO4)nnc12. The zero-order chi connectivity index (χ0) is 22.1. The molecule has 3 heterocycles. The molecule has 0 spiro atoms. The summed E-state index contributed by atoms with van der Waals surface area (Å²) in [5, 5.41) is 9.79. The average Bonchev–Trinajstić information content (AvgIpc) is 3.26. The van der Waals surface area contributed by atoms with Gasteiger partial charge in [0.05, 0.1) is 16.7 Å². The molecule has 0 unspecified atom stereocenters. The molecular formula is C23H22N4O4S. The molecule has 0 aliphatic carbocycles. The van der Waals surface area contributed by atoms with Crippen LogP contribution in [0, 0.1) is 0 Å². The lowest BCUT2D eigenvalue weighted by atomic mass is 10.1. The Kier molecular flexibility index (Phi) is 5.57. The topological polar surface area (TPSA) is 87.7 Å². The normalized spacial score (nSPS) is 13.0. The molecule has 2 aromatic heterocycles. The molecule has 32 heavy (non-hydrogen) atoms. The summed E-state index contributed by atoms with van der Waals surface area (Å²) >= 11 is 1.30. The number of benzene rings is 2. The highest BCUT2D eigenvalue weighted by atomic mass is 32.2. The van der Waals surface area contributed by atoms with Crippen molar-refractivity contribution >= 4 is 34.2 Å². The van der Waals surface area contributed by atoms with Gasteiger partial charge in [-0.15, -0.1) is 10.2 Å². The molecule has 9 heteroatoms. The van der Waals surface area contributed by atoms with Crippen molar-refractivity contribution in [2.45, 2.75) is 31.5 Å². The third-order valence-electron chi connectivity index (χ3n) is 5.41. The maximum Gasteiger partial charge on any atom is 0.262 e. The highest BCUT2D eigenvalue weighted by molar-refractivity contribution is 7.99. The Morgan fingerprint density at radius 1 is 1.09 bits per heavy atom. The van der Waals surface area contributed by atoms with Gasteiger partial charge in [-0.3, -0.25) is 18.6 Å². The lowest BCUT2D eigenvalue weighted by Gasteiger charge is -2.18. The molecule has 5 rings (SSSR count). The fourth-order valence-electron chi connectivity index (χ4n) is 3.78. The molecule has 0 saturated carbocycles. The maximum atomic E-state index is 13.0. The van der Waals surface area contributed by atoms with Crippen LogP contribution in [0.15, 0.2) is 52.4 Å². The van der Waals surface area contributed by atoms with Crippen LogP contribution in [-0.2, 0) is 6.54 Å². The zero-order valence-electron chi connectivity index (χ0n) is 17.6. The summed E-state index contributed by atoms with van der Waals surface area (Å²) in [6, 6.07) is 12.7. The van der Waals surface area contributed by atoms with E-state index in [1.54, 1.807) is 22.8 Å². The van der Waals surface area contributed by atoms with Gasteiger partial charge in [0.1, 0.15) is 13.2 Å².